The molecule has 0 unspecified atom stereocenters. The van der Waals surface area contributed by atoms with Gasteiger partial charge in [-0.05, 0) is 101 Å². The molecular weight excluding hydrogens is 554 g/mol. The van der Waals surface area contributed by atoms with Gasteiger partial charge in [-0.2, -0.15) is 0 Å². The molecule has 1 atom stereocenters. The van der Waals surface area contributed by atoms with Gasteiger partial charge in [0.25, 0.3) is 0 Å². The number of rotatable bonds is 11. The van der Waals surface area contributed by atoms with Crippen molar-refractivity contribution in [2.75, 3.05) is 19.7 Å². The van der Waals surface area contributed by atoms with Crippen LogP contribution in [0.1, 0.15) is 69.9 Å². The van der Waals surface area contributed by atoms with E-state index in [-0.39, 0.29) is 13.2 Å². The summed E-state index contributed by atoms with van der Waals surface area (Å²) in [6, 6.07) is 22.9. The monoisotopic (exact) mass is 595 g/mol. The summed E-state index contributed by atoms with van der Waals surface area (Å²) >= 11 is 6.09. The lowest BCUT2D eigenvalue weighted by Crippen LogP contribution is -2.40. The van der Waals surface area contributed by atoms with E-state index in [1.165, 1.54) is 4.90 Å². The smallest absolute Gasteiger partial charge is 0.410 e. The van der Waals surface area contributed by atoms with Gasteiger partial charge in [-0.25, -0.2) is 9.59 Å². The summed E-state index contributed by atoms with van der Waals surface area (Å²) in [6.07, 6.45) is -0.0278. The lowest BCUT2D eigenvalue weighted by atomic mass is 10.0. The first-order chi connectivity index (χ1) is 19.7. The quantitative estimate of drug-likeness (QED) is 0.237. The van der Waals surface area contributed by atoms with E-state index in [0.717, 1.165) is 23.1 Å². The van der Waals surface area contributed by atoms with Crippen molar-refractivity contribution in [1.29, 1.82) is 0 Å². The molecule has 0 aliphatic heterocycles. The number of hydrogen-bond donors (Lipinski definition) is 1. The number of ether oxygens (including phenoxy) is 3. The third-order valence-electron chi connectivity index (χ3n) is 6.08. The average molecular weight is 596 g/mol. The van der Waals surface area contributed by atoms with Crippen LogP contribution in [0.15, 0.2) is 72.8 Å². The molecule has 0 aliphatic rings. The number of halogens is 1. The highest BCUT2D eigenvalue weighted by Gasteiger charge is 2.25. The lowest BCUT2D eigenvalue weighted by molar-refractivity contribution is -0.157. The summed E-state index contributed by atoms with van der Waals surface area (Å²) in [7, 11) is 0. The normalized spacial score (nSPS) is 12.4. The van der Waals surface area contributed by atoms with E-state index in [1.807, 2.05) is 77.9 Å². The molecule has 226 valence electrons. The van der Waals surface area contributed by atoms with Gasteiger partial charge in [0.1, 0.15) is 17.0 Å². The number of aliphatic hydroxyl groups is 1. The van der Waals surface area contributed by atoms with E-state index >= 15 is 0 Å². The Bertz CT molecular complexity index is 1310. The predicted molar refractivity (Wildman–Crippen MR) is 165 cm³/mol. The first kappa shape index (κ1) is 33.0. The number of esters is 1. The second-order valence-electron chi connectivity index (χ2n) is 12.3. The van der Waals surface area contributed by atoms with Crippen molar-refractivity contribution in [1.82, 2.24) is 4.90 Å². The third-order valence-corrected chi connectivity index (χ3v) is 6.32. The molecule has 3 aromatic carbocycles. The minimum atomic E-state index is -0.896. The molecule has 7 nitrogen and oxygen atoms in total. The molecule has 0 bridgehead atoms. The van der Waals surface area contributed by atoms with Gasteiger partial charge in [0.2, 0.25) is 0 Å². The van der Waals surface area contributed by atoms with Crippen LogP contribution in [0.2, 0.25) is 5.02 Å². The number of aliphatic hydroxyl groups excluding tert-OH is 1. The van der Waals surface area contributed by atoms with Crippen molar-refractivity contribution in [3.63, 3.8) is 0 Å². The van der Waals surface area contributed by atoms with Crippen LogP contribution < -0.4 is 4.74 Å². The Balaban J connectivity index is 1.56. The van der Waals surface area contributed by atoms with E-state index in [2.05, 4.69) is 12.1 Å². The summed E-state index contributed by atoms with van der Waals surface area (Å²) in [6.45, 7) is 11.3. The summed E-state index contributed by atoms with van der Waals surface area (Å²) < 4.78 is 16.4. The Morgan fingerprint density at radius 2 is 1.40 bits per heavy atom. The van der Waals surface area contributed by atoms with Gasteiger partial charge in [0, 0.05) is 11.6 Å². The van der Waals surface area contributed by atoms with Crippen LogP contribution in [0, 0.1) is 0 Å². The number of hydrogen-bond acceptors (Lipinski definition) is 6. The van der Waals surface area contributed by atoms with Crippen LogP contribution in [0.5, 0.6) is 5.75 Å². The zero-order valence-corrected chi connectivity index (χ0v) is 26.1. The largest absolute Gasteiger partial charge is 0.482 e. The molecule has 0 spiro atoms. The van der Waals surface area contributed by atoms with Crippen molar-refractivity contribution in [2.45, 2.75) is 71.7 Å². The summed E-state index contributed by atoms with van der Waals surface area (Å²) in [5.41, 5.74) is 2.76. The molecule has 0 saturated carbocycles. The van der Waals surface area contributed by atoms with E-state index in [9.17, 15) is 14.7 Å². The van der Waals surface area contributed by atoms with Crippen LogP contribution in [0.25, 0.3) is 0 Å². The predicted octanol–water partition coefficient (Wildman–Crippen LogP) is 7.16. The highest BCUT2D eigenvalue weighted by atomic mass is 35.5. The molecule has 3 aromatic rings. The van der Waals surface area contributed by atoms with Crippen LogP contribution in [0.4, 0.5) is 4.79 Å². The van der Waals surface area contributed by atoms with Gasteiger partial charge in [-0.1, -0.05) is 60.1 Å². The number of carbonyl (C=O) groups is 2. The Kier molecular flexibility index (Phi) is 11.4. The van der Waals surface area contributed by atoms with Crippen molar-refractivity contribution in [3.05, 3.63) is 100 Å². The average Bonchev–Trinajstić information content (AvgIpc) is 2.89. The van der Waals surface area contributed by atoms with Crippen LogP contribution in [-0.2, 0) is 27.1 Å². The zero-order valence-electron chi connectivity index (χ0n) is 25.4. The number of nitrogens with zero attached hydrogens (tertiary/aromatic N) is 1. The van der Waals surface area contributed by atoms with Crippen molar-refractivity contribution in [2.24, 2.45) is 0 Å². The molecular formula is C34H42ClNO6. The third kappa shape index (κ3) is 11.7. The number of benzene rings is 3. The summed E-state index contributed by atoms with van der Waals surface area (Å²) in [4.78, 5) is 26.4. The first-order valence-corrected chi connectivity index (χ1v) is 14.5. The van der Waals surface area contributed by atoms with Crippen LogP contribution in [0.3, 0.4) is 0 Å². The molecule has 0 heterocycles. The van der Waals surface area contributed by atoms with Gasteiger partial charge in [-0.15, -0.1) is 0 Å². The van der Waals surface area contributed by atoms with Gasteiger partial charge < -0.3 is 24.2 Å². The Hall–Kier alpha value is -3.55. The van der Waals surface area contributed by atoms with Gasteiger partial charge in [-0.3, -0.25) is 0 Å². The van der Waals surface area contributed by atoms with Gasteiger partial charge in [0.15, 0.2) is 6.61 Å². The molecule has 1 amide bonds. The lowest BCUT2D eigenvalue weighted by Gasteiger charge is -2.29. The highest BCUT2D eigenvalue weighted by Crippen LogP contribution is 2.21. The van der Waals surface area contributed by atoms with Crippen LogP contribution >= 0.6 is 11.6 Å². The van der Waals surface area contributed by atoms with E-state index in [0.29, 0.717) is 29.3 Å². The van der Waals surface area contributed by atoms with E-state index < -0.39 is 29.4 Å². The molecule has 0 radical (unpaired) electrons. The van der Waals surface area contributed by atoms with Crippen molar-refractivity contribution >= 4 is 23.7 Å². The number of amides is 1. The van der Waals surface area contributed by atoms with E-state index in [1.54, 1.807) is 24.3 Å². The maximum Gasteiger partial charge on any atom is 0.410 e. The minimum absolute atomic E-state index is 0.0881. The second-order valence-corrected chi connectivity index (χ2v) is 12.7. The highest BCUT2D eigenvalue weighted by molar-refractivity contribution is 6.30. The fourth-order valence-electron chi connectivity index (χ4n) is 4.15. The van der Waals surface area contributed by atoms with E-state index in [4.69, 9.17) is 25.8 Å². The molecule has 42 heavy (non-hydrogen) atoms. The minimum Gasteiger partial charge on any atom is -0.482 e. The molecule has 0 aromatic heterocycles. The molecule has 3 rings (SSSR count). The molecule has 8 heteroatoms. The van der Waals surface area contributed by atoms with Crippen molar-refractivity contribution in [3.8, 4) is 5.75 Å². The first-order valence-electron chi connectivity index (χ1n) is 14.1. The molecule has 0 aliphatic carbocycles. The fourth-order valence-corrected chi connectivity index (χ4v) is 4.35. The maximum absolute atomic E-state index is 13.0. The molecule has 0 fully saturated rings. The topological polar surface area (TPSA) is 85.3 Å². The van der Waals surface area contributed by atoms with Crippen molar-refractivity contribution < 1.29 is 28.9 Å². The fraction of sp³-hybridized carbons (Fsp3) is 0.412. The molecule has 0 saturated heterocycles. The Morgan fingerprint density at radius 3 is 1.98 bits per heavy atom. The van der Waals surface area contributed by atoms with Gasteiger partial charge >= 0.3 is 12.1 Å². The SMILES string of the molecule is CC(C)(C)OC(=O)COc1ccc(Cc2ccc(CCN(C[C@H](O)c3cccc(Cl)c3)C(=O)OC(C)(C)C)cc2)cc1. The second kappa shape index (κ2) is 14.6. The Labute approximate surface area is 254 Å². The summed E-state index contributed by atoms with van der Waals surface area (Å²) in [5.74, 6) is 0.202. The summed E-state index contributed by atoms with van der Waals surface area (Å²) in [5, 5.41) is 11.3. The zero-order chi connectivity index (χ0) is 30.9. The number of carbonyl (C=O) groups excluding carboxylic acids is 2. The standard InChI is InChI=1S/C34H42ClNO6/c1-33(2,3)41-31(38)23-40-29-16-14-26(15-17-29)20-25-12-10-24(11-13-25)18-19-36(32(39)42-34(4,5)6)22-30(37)27-8-7-9-28(35)21-27/h7-17,21,30,37H,18-20,22-23H2,1-6H3/t30-/m0/s1. The maximum atomic E-state index is 13.0. The Morgan fingerprint density at radius 1 is 0.833 bits per heavy atom. The van der Waals surface area contributed by atoms with Gasteiger partial charge in [0.05, 0.1) is 12.6 Å². The van der Waals surface area contributed by atoms with Crippen LogP contribution in [-0.4, -0.2) is 53.0 Å². The molecule has 1 N–H and O–H groups in total.